The topological polar surface area (TPSA) is 20.2 Å². The van der Waals surface area contributed by atoms with E-state index in [0.29, 0.717) is 29.8 Å². The number of hydrogen-bond donors (Lipinski definition) is 1. The van der Waals surface area contributed by atoms with Gasteiger partial charge in [0.05, 0.1) is 0 Å². The number of fused-ring (bicyclic) bond motifs is 3. The Bertz CT molecular complexity index is 460. The number of aliphatic hydroxyl groups excluding tert-OH is 1. The molecule has 0 unspecified atom stereocenters. The van der Waals surface area contributed by atoms with Crippen molar-refractivity contribution in [2.75, 3.05) is 6.61 Å². The van der Waals surface area contributed by atoms with Gasteiger partial charge in [-0.15, -0.1) is 0 Å². The van der Waals surface area contributed by atoms with Crippen LogP contribution >= 0.6 is 0 Å². The molecule has 0 spiro atoms. The molecule has 118 valence electrons. The Morgan fingerprint density at radius 1 is 1.24 bits per heavy atom. The van der Waals surface area contributed by atoms with Gasteiger partial charge in [0.2, 0.25) is 0 Å². The van der Waals surface area contributed by atoms with E-state index < -0.39 is 0 Å². The molecule has 0 radical (unpaired) electrons. The maximum atomic E-state index is 9.97. The van der Waals surface area contributed by atoms with Crippen molar-refractivity contribution in [2.24, 2.45) is 34.5 Å². The smallest absolute Gasteiger partial charge is 0.0490 e. The summed E-state index contributed by atoms with van der Waals surface area (Å²) in [5.41, 5.74) is 2.13. The molecule has 0 aliphatic heterocycles. The molecule has 3 aliphatic carbocycles. The van der Waals surface area contributed by atoms with Crippen molar-refractivity contribution >= 4 is 0 Å². The molecule has 21 heavy (non-hydrogen) atoms. The molecule has 3 rings (SSSR count). The van der Waals surface area contributed by atoms with E-state index in [1.807, 2.05) is 0 Å². The van der Waals surface area contributed by atoms with Gasteiger partial charge in [-0.25, -0.2) is 0 Å². The average Bonchev–Trinajstić information content (AvgIpc) is 2.46. The van der Waals surface area contributed by atoms with Crippen molar-refractivity contribution in [1.82, 2.24) is 0 Å². The number of hydrogen-bond acceptors (Lipinski definition) is 1. The van der Waals surface area contributed by atoms with E-state index in [0.717, 1.165) is 5.92 Å². The lowest BCUT2D eigenvalue weighted by molar-refractivity contribution is -0.0671. The predicted octanol–water partition coefficient (Wildman–Crippen LogP) is 4.97. The van der Waals surface area contributed by atoms with Crippen LogP contribution in [0.1, 0.15) is 59.8 Å². The van der Waals surface area contributed by atoms with Crippen LogP contribution in [0.2, 0.25) is 0 Å². The number of allylic oxidation sites excluding steroid dienone is 4. The summed E-state index contributed by atoms with van der Waals surface area (Å²) in [5, 5.41) is 9.97. The van der Waals surface area contributed by atoms with Crippen LogP contribution in [0.25, 0.3) is 0 Å². The highest BCUT2D eigenvalue weighted by Gasteiger charge is 2.54. The van der Waals surface area contributed by atoms with Crippen molar-refractivity contribution in [3.63, 3.8) is 0 Å². The summed E-state index contributed by atoms with van der Waals surface area (Å²) in [5.74, 6) is 2.66. The van der Waals surface area contributed by atoms with Crippen LogP contribution < -0.4 is 0 Å². The zero-order chi connectivity index (χ0) is 15.3. The van der Waals surface area contributed by atoms with E-state index in [-0.39, 0.29) is 5.41 Å². The van der Waals surface area contributed by atoms with Crippen LogP contribution in [-0.2, 0) is 0 Å². The van der Waals surface area contributed by atoms with E-state index in [4.69, 9.17) is 0 Å². The second-order valence-corrected chi connectivity index (χ2v) is 8.65. The number of aliphatic hydroxyl groups is 1. The second-order valence-electron chi connectivity index (χ2n) is 8.65. The Morgan fingerprint density at radius 3 is 2.67 bits per heavy atom. The molecule has 5 atom stereocenters. The van der Waals surface area contributed by atoms with Gasteiger partial charge in [0.1, 0.15) is 0 Å². The van der Waals surface area contributed by atoms with E-state index >= 15 is 0 Å². The maximum absolute atomic E-state index is 9.97. The van der Waals surface area contributed by atoms with Crippen LogP contribution in [-0.4, -0.2) is 11.7 Å². The normalized spacial score (nSPS) is 46.0. The molecule has 0 aromatic heterocycles. The van der Waals surface area contributed by atoms with Gasteiger partial charge in [-0.2, -0.15) is 0 Å². The highest BCUT2D eigenvalue weighted by atomic mass is 16.3. The van der Waals surface area contributed by atoms with Crippen LogP contribution in [0, 0.1) is 34.5 Å². The van der Waals surface area contributed by atoms with Crippen LogP contribution in [0.4, 0.5) is 0 Å². The summed E-state index contributed by atoms with van der Waals surface area (Å²) in [4.78, 5) is 0. The number of rotatable bonds is 2. The van der Waals surface area contributed by atoms with Gasteiger partial charge < -0.3 is 5.11 Å². The monoisotopic (exact) mass is 288 g/mol. The molecule has 0 amide bonds. The lowest BCUT2D eigenvalue weighted by atomic mass is 9.47. The Hall–Kier alpha value is -0.560. The van der Waals surface area contributed by atoms with Crippen molar-refractivity contribution in [3.05, 3.63) is 23.8 Å². The molecule has 0 saturated heterocycles. The van der Waals surface area contributed by atoms with Gasteiger partial charge in [-0.05, 0) is 60.2 Å². The van der Waals surface area contributed by atoms with E-state index in [2.05, 4.69) is 45.9 Å². The molecule has 0 bridgehead atoms. The summed E-state index contributed by atoms with van der Waals surface area (Å²) in [7, 11) is 0. The fourth-order valence-corrected chi connectivity index (χ4v) is 5.67. The summed E-state index contributed by atoms with van der Waals surface area (Å²) in [6, 6.07) is 0. The van der Waals surface area contributed by atoms with Crippen LogP contribution in [0.15, 0.2) is 23.8 Å². The minimum Gasteiger partial charge on any atom is -0.396 e. The predicted molar refractivity (Wildman–Crippen MR) is 88.9 cm³/mol. The van der Waals surface area contributed by atoms with E-state index in [1.54, 1.807) is 5.57 Å². The third-order valence-electron chi connectivity index (χ3n) is 7.02. The zero-order valence-electron chi connectivity index (χ0n) is 14.2. The van der Waals surface area contributed by atoms with Crippen molar-refractivity contribution in [2.45, 2.75) is 59.8 Å². The molecule has 1 fully saturated rings. The summed E-state index contributed by atoms with van der Waals surface area (Å²) in [6.07, 6.45) is 13.9. The lowest BCUT2D eigenvalue weighted by Gasteiger charge is -2.58. The maximum Gasteiger partial charge on any atom is 0.0490 e. The van der Waals surface area contributed by atoms with Crippen molar-refractivity contribution < 1.29 is 5.11 Å². The molecular formula is C20H32O. The third kappa shape index (κ3) is 2.32. The largest absolute Gasteiger partial charge is 0.396 e. The van der Waals surface area contributed by atoms with Crippen molar-refractivity contribution in [3.8, 4) is 0 Å². The van der Waals surface area contributed by atoms with Crippen LogP contribution in [0.5, 0.6) is 0 Å². The average molecular weight is 288 g/mol. The van der Waals surface area contributed by atoms with Crippen molar-refractivity contribution in [1.29, 1.82) is 0 Å². The summed E-state index contributed by atoms with van der Waals surface area (Å²) >= 11 is 0. The Morgan fingerprint density at radius 2 is 2.00 bits per heavy atom. The Kier molecular flexibility index (Phi) is 3.84. The minimum absolute atomic E-state index is 0.0938. The minimum atomic E-state index is 0.0938. The van der Waals surface area contributed by atoms with Gasteiger partial charge in [-0.1, -0.05) is 57.9 Å². The summed E-state index contributed by atoms with van der Waals surface area (Å²) < 4.78 is 0. The fourth-order valence-electron chi connectivity index (χ4n) is 5.67. The third-order valence-corrected chi connectivity index (χ3v) is 7.02. The van der Waals surface area contributed by atoms with Crippen LogP contribution in [0.3, 0.4) is 0 Å². The highest BCUT2D eigenvalue weighted by Crippen LogP contribution is 2.61. The molecule has 1 nitrogen and oxygen atoms in total. The molecule has 1 N–H and O–H groups in total. The Labute approximate surface area is 130 Å². The Balaban J connectivity index is 1.96. The van der Waals surface area contributed by atoms with Gasteiger partial charge in [0.25, 0.3) is 0 Å². The van der Waals surface area contributed by atoms with Gasteiger partial charge in [0.15, 0.2) is 0 Å². The van der Waals surface area contributed by atoms with E-state index in [1.165, 1.54) is 32.1 Å². The van der Waals surface area contributed by atoms with E-state index in [9.17, 15) is 5.11 Å². The highest BCUT2D eigenvalue weighted by molar-refractivity contribution is 5.24. The lowest BCUT2D eigenvalue weighted by Crippen LogP contribution is -2.52. The first-order valence-electron chi connectivity index (χ1n) is 8.90. The van der Waals surface area contributed by atoms with Gasteiger partial charge in [-0.3, -0.25) is 0 Å². The molecule has 0 heterocycles. The second kappa shape index (κ2) is 5.26. The van der Waals surface area contributed by atoms with Gasteiger partial charge in [0, 0.05) is 6.61 Å². The molecule has 0 aromatic carbocycles. The fraction of sp³-hybridized carbons (Fsp3) is 0.800. The van der Waals surface area contributed by atoms with Gasteiger partial charge >= 0.3 is 0 Å². The summed E-state index contributed by atoms with van der Waals surface area (Å²) in [6.45, 7) is 9.81. The SMILES string of the molecule is CC(C)C1=C[C@@H]2C=C[C@H]3[C@](C)(CO)CCC[C@]3(C)[C@H]2CC1. The zero-order valence-corrected chi connectivity index (χ0v) is 14.2. The molecule has 0 aromatic rings. The molecule has 1 heteroatoms. The first-order chi connectivity index (χ1) is 9.90. The quantitative estimate of drug-likeness (QED) is 0.711. The standard InChI is InChI=1S/C20H32O/c1-14(2)15-6-8-17-16(12-15)7-9-18-19(3,13-21)10-5-11-20(17,18)4/h7,9,12,14,16-18,21H,5-6,8,10-11,13H2,1-4H3/t16-,17-,18-,19-,20+/m0/s1. The molecule has 3 aliphatic rings. The molecule has 1 saturated carbocycles. The first kappa shape index (κ1) is 15.3. The first-order valence-corrected chi connectivity index (χ1v) is 8.90. The molecular weight excluding hydrogens is 256 g/mol.